The maximum Gasteiger partial charge on any atom is 0.121 e. The van der Waals surface area contributed by atoms with Crippen LogP contribution in [-0.2, 0) is 7.05 Å². The molecule has 0 aliphatic carbocycles. The monoisotopic (exact) mass is 340 g/mol. The second-order valence-electron chi connectivity index (χ2n) is 6.13. The Morgan fingerprint density at radius 3 is 2.73 bits per heavy atom. The standard InChI is InChI=1S/C21H16N4O/c1-25-13-23-12-19(25)21(26)15-7-8-16(11-22)18(10-15)17-6-2-4-14-5-3-9-24-20(14)17/h2-10,12-13,21,26H,1H3/t21-/m1/s1. The van der Waals surface area contributed by atoms with Crippen molar-refractivity contribution in [1.29, 1.82) is 5.26 Å². The quantitative estimate of drug-likeness (QED) is 0.618. The van der Waals surface area contributed by atoms with E-state index in [-0.39, 0.29) is 0 Å². The van der Waals surface area contributed by atoms with Gasteiger partial charge in [0.2, 0.25) is 0 Å². The van der Waals surface area contributed by atoms with E-state index in [0.29, 0.717) is 16.8 Å². The van der Waals surface area contributed by atoms with E-state index < -0.39 is 6.10 Å². The summed E-state index contributed by atoms with van der Waals surface area (Å²) in [6.45, 7) is 0. The van der Waals surface area contributed by atoms with Crippen LogP contribution in [0.1, 0.15) is 22.9 Å². The number of imidazole rings is 1. The number of pyridine rings is 1. The fourth-order valence-corrected chi connectivity index (χ4v) is 3.18. The number of rotatable bonds is 3. The summed E-state index contributed by atoms with van der Waals surface area (Å²) in [5.41, 5.74) is 4.41. The highest BCUT2D eigenvalue weighted by atomic mass is 16.3. The van der Waals surface area contributed by atoms with Crippen molar-refractivity contribution in [3.63, 3.8) is 0 Å². The van der Waals surface area contributed by atoms with E-state index in [4.69, 9.17) is 0 Å². The number of fused-ring (bicyclic) bond motifs is 1. The third-order valence-corrected chi connectivity index (χ3v) is 4.54. The molecule has 0 unspecified atom stereocenters. The van der Waals surface area contributed by atoms with Crippen LogP contribution in [0.2, 0.25) is 0 Å². The third-order valence-electron chi connectivity index (χ3n) is 4.54. The van der Waals surface area contributed by atoms with Gasteiger partial charge in [-0.15, -0.1) is 0 Å². The summed E-state index contributed by atoms with van der Waals surface area (Å²) in [4.78, 5) is 8.55. The molecule has 0 aliphatic heterocycles. The topological polar surface area (TPSA) is 74.7 Å². The summed E-state index contributed by atoms with van der Waals surface area (Å²) in [5, 5.41) is 21.3. The number of hydrogen-bond acceptors (Lipinski definition) is 4. The second-order valence-corrected chi connectivity index (χ2v) is 6.13. The molecule has 2 aromatic heterocycles. The lowest BCUT2D eigenvalue weighted by Crippen LogP contribution is -2.05. The van der Waals surface area contributed by atoms with Crippen molar-refractivity contribution in [2.75, 3.05) is 0 Å². The lowest BCUT2D eigenvalue weighted by molar-refractivity contribution is 0.211. The lowest BCUT2D eigenvalue weighted by atomic mass is 9.94. The van der Waals surface area contributed by atoms with Gasteiger partial charge in [0.25, 0.3) is 0 Å². The first-order valence-corrected chi connectivity index (χ1v) is 8.21. The molecule has 0 saturated heterocycles. The molecule has 1 atom stereocenters. The summed E-state index contributed by atoms with van der Waals surface area (Å²) in [7, 11) is 1.84. The Balaban J connectivity index is 1.91. The molecular weight excluding hydrogens is 324 g/mol. The number of benzene rings is 2. The Morgan fingerprint density at radius 2 is 1.96 bits per heavy atom. The van der Waals surface area contributed by atoms with Crippen molar-refractivity contribution in [3.05, 3.63) is 84.1 Å². The van der Waals surface area contributed by atoms with Crippen molar-refractivity contribution in [1.82, 2.24) is 14.5 Å². The Kier molecular flexibility index (Phi) is 3.96. The molecule has 5 heteroatoms. The third kappa shape index (κ3) is 2.63. The number of nitriles is 1. The number of nitrogens with zero attached hydrogens (tertiary/aromatic N) is 4. The molecule has 2 heterocycles. The fraction of sp³-hybridized carbons (Fsp3) is 0.0952. The van der Waals surface area contributed by atoms with Gasteiger partial charge in [-0.2, -0.15) is 5.26 Å². The van der Waals surface area contributed by atoms with E-state index >= 15 is 0 Å². The molecule has 0 radical (unpaired) electrons. The molecule has 0 saturated carbocycles. The molecular formula is C21H16N4O. The smallest absolute Gasteiger partial charge is 0.121 e. The van der Waals surface area contributed by atoms with Crippen LogP contribution < -0.4 is 0 Å². The highest BCUT2D eigenvalue weighted by molar-refractivity contribution is 5.95. The van der Waals surface area contributed by atoms with Gasteiger partial charge in [-0.25, -0.2) is 4.98 Å². The molecule has 4 aromatic rings. The van der Waals surface area contributed by atoms with E-state index in [9.17, 15) is 10.4 Å². The van der Waals surface area contributed by atoms with E-state index in [1.165, 1.54) is 0 Å². The Morgan fingerprint density at radius 1 is 1.12 bits per heavy atom. The predicted octanol–water partition coefficient (Wildman–Crippen LogP) is 3.59. The molecule has 26 heavy (non-hydrogen) atoms. The number of aromatic nitrogens is 3. The van der Waals surface area contributed by atoms with Gasteiger partial charge in [0.05, 0.1) is 35.4 Å². The van der Waals surface area contributed by atoms with Crippen molar-refractivity contribution in [3.8, 4) is 17.2 Å². The van der Waals surface area contributed by atoms with Crippen molar-refractivity contribution < 1.29 is 5.11 Å². The van der Waals surface area contributed by atoms with Gasteiger partial charge in [-0.3, -0.25) is 4.98 Å². The molecule has 4 rings (SSSR count). The molecule has 2 aromatic carbocycles. The SMILES string of the molecule is Cn1cncc1[C@H](O)c1ccc(C#N)c(-c2cccc3cccnc23)c1. The summed E-state index contributed by atoms with van der Waals surface area (Å²) >= 11 is 0. The van der Waals surface area contributed by atoms with E-state index in [0.717, 1.165) is 22.0 Å². The van der Waals surface area contributed by atoms with Gasteiger partial charge in [-0.1, -0.05) is 30.3 Å². The molecule has 0 aliphatic rings. The average molecular weight is 340 g/mol. The van der Waals surface area contributed by atoms with Crippen molar-refractivity contribution >= 4 is 10.9 Å². The highest BCUT2D eigenvalue weighted by Crippen LogP contribution is 2.33. The summed E-state index contributed by atoms with van der Waals surface area (Å²) in [6.07, 6.45) is 4.21. The minimum atomic E-state index is -0.822. The average Bonchev–Trinajstić information content (AvgIpc) is 3.12. The zero-order valence-corrected chi connectivity index (χ0v) is 14.2. The number of aliphatic hydroxyl groups excluding tert-OH is 1. The van der Waals surface area contributed by atoms with E-state index in [1.54, 1.807) is 35.4 Å². The lowest BCUT2D eigenvalue weighted by Gasteiger charge is -2.15. The van der Waals surface area contributed by atoms with Crippen LogP contribution in [-0.4, -0.2) is 19.6 Å². The number of para-hydroxylation sites is 1. The fourth-order valence-electron chi connectivity index (χ4n) is 3.18. The zero-order chi connectivity index (χ0) is 18.1. The van der Waals surface area contributed by atoms with Gasteiger partial charge in [0, 0.05) is 29.8 Å². The number of aliphatic hydroxyl groups is 1. The molecule has 0 bridgehead atoms. The molecule has 1 N–H and O–H groups in total. The van der Waals surface area contributed by atoms with E-state index in [2.05, 4.69) is 16.0 Å². The largest absolute Gasteiger partial charge is 0.382 e. The van der Waals surface area contributed by atoms with Crippen LogP contribution in [0.5, 0.6) is 0 Å². The van der Waals surface area contributed by atoms with Crippen LogP contribution in [0.25, 0.3) is 22.0 Å². The van der Waals surface area contributed by atoms with Crippen molar-refractivity contribution in [2.24, 2.45) is 7.05 Å². The van der Waals surface area contributed by atoms with Gasteiger partial charge >= 0.3 is 0 Å². The van der Waals surface area contributed by atoms with Crippen molar-refractivity contribution in [2.45, 2.75) is 6.10 Å². The van der Waals surface area contributed by atoms with Gasteiger partial charge < -0.3 is 9.67 Å². The van der Waals surface area contributed by atoms with Gasteiger partial charge in [0.15, 0.2) is 0 Å². The second kappa shape index (κ2) is 6.43. The predicted molar refractivity (Wildman–Crippen MR) is 99.2 cm³/mol. The molecule has 0 spiro atoms. The van der Waals surface area contributed by atoms with Gasteiger partial charge in [-0.05, 0) is 23.8 Å². The first kappa shape index (κ1) is 16.0. The summed E-state index contributed by atoms with van der Waals surface area (Å²) < 4.78 is 1.78. The first-order valence-electron chi connectivity index (χ1n) is 8.21. The van der Waals surface area contributed by atoms with Crippen LogP contribution in [0.3, 0.4) is 0 Å². The minimum Gasteiger partial charge on any atom is -0.382 e. The van der Waals surface area contributed by atoms with Crippen LogP contribution in [0.4, 0.5) is 0 Å². The maximum absolute atomic E-state index is 10.8. The van der Waals surface area contributed by atoms with Gasteiger partial charge in [0.1, 0.15) is 6.10 Å². The van der Waals surface area contributed by atoms with Crippen LogP contribution >= 0.6 is 0 Å². The normalized spacial score (nSPS) is 12.0. The minimum absolute atomic E-state index is 0.545. The summed E-state index contributed by atoms with van der Waals surface area (Å²) in [5.74, 6) is 0. The maximum atomic E-state index is 10.8. The molecule has 5 nitrogen and oxygen atoms in total. The number of aryl methyl sites for hydroxylation is 1. The Labute approximate surface area is 150 Å². The first-order chi connectivity index (χ1) is 12.7. The molecule has 126 valence electrons. The van der Waals surface area contributed by atoms with Crippen LogP contribution in [0, 0.1) is 11.3 Å². The van der Waals surface area contributed by atoms with E-state index in [1.807, 2.05) is 43.4 Å². The summed E-state index contributed by atoms with van der Waals surface area (Å²) in [6, 6.07) is 17.4. The van der Waals surface area contributed by atoms with Crippen LogP contribution in [0.15, 0.2) is 67.3 Å². The highest BCUT2D eigenvalue weighted by Gasteiger charge is 2.17. The Bertz CT molecular complexity index is 1130. The molecule has 0 amide bonds. The Hall–Kier alpha value is -3.49. The zero-order valence-electron chi connectivity index (χ0n) is 14.2. The number of hydrogen-bond donors (Lipinski definition) is 1. The molecule has 0 fully saturated rings.